The second-order valence-electron chi connectivity index (χ2n) is 4.20. The number of ether oxygens (including phenoxy) is 1. The summed E-state index contributed by atoms with van der Waals surface area (Å²) in [7, 11) is 0. The molecular weight excluding hydrogens is 226 g/mol. The molecule has 2 rings (SSSR count). The largest absolute Gasteiger partial charge is 0.477 e. The number of nitrogens with zero attached hydrogens (tertiary/aromatic N) is 1. The van der Waals surface area contributed by atoms with Gasteiger partial charge in [-0.05, 0) is 18.4 Å². The summed E-state index contributed by atoms with van der Waals surface area (Å²) in [5, 5.41) is 9.12. The molecule has 0 radical (unpaired) electrons. The van der Waals surface area contributed by atoms with Gasteiger partial charge in [-0.1, -0.05) is 0 Å². The van der Waals surface area contributed by atoms with Crippen molar-refractivity contribution < 1.29 is 24.2 Å². The predicted molar refractivity (Wildman–Crippen MR) is 55.8 cm³/mol. The number of carboxylic acids is 1. The number of rotatable bonds is 3. The highest BCUT2D eigenvalue weighted by atomic mass is 16.5. The molecule has 1 saturated heterocycles. The normalized spacial score (nSPS) is 23.0. The Kier molecular flexibility index (Phi) is 2.87. The summed E-state index contributed by atoms with van der Waals surface area (Å²) in [5.41, 5.74) is 0.510. The predicted octanol–water partition coefficient (Wildman–Crippen LogP) is 0.283. The molecule has 2 aliphatic heterocycles. The molecule has 6 nitrogen and oxygen atoms in total. The second kappa shape index (κ2) is 4.20. The summed E-state index contributed by atoms with van der Waals surface area (Å²) in [4.78, 5) is 34.6. The molecule has 1 fully saturated rings. The smallest absolute Gasteiger partial charge is 0.352 e. The Morgan fingerprint density at radius 1 is 1.53 bits per heavy atom. The lowest BCUT2D eigenvalue weighted by Gasteiger charge is -2.44. The minimum absolute atomic E-state index is 0.00116. The van der Waals surface area contributed by atoms with Crippen LogP contribution in [0.2, 0.25) is 0 Å². The number of fused-ring (bicyclic) bond motifs is 1. The van der Waals surface area contributed by atoms with Crippen LogP contribution in [0.3, 0.4) is 0 Å². The van der Waals surface area contributed by atoms with E-state index in [1.54, 1.807) is 0 Å². The molecule has 1 amide bonds. The molecule has 6 heteroatoms. The van der Waals surface area contributed by atoms with Crippen LogP contribution >= 0.6 is 0 Å². The highest BCUT2D eigenvalue weighted by molar-refractivity contribution is 5.97. The standard InChI is InChI=1S/C11H13NO5/c1-6(13)17-5-7-2-3-8-4-9(14)12(8)10(7)11(15)16/h8H,2-5H2,1H3,(H,15,16)/t8-/m1/s1. The van der Waals surface area contributed by atoms with Crippen molar-refractivity contribution in [3.63, 3.8) is 0 Å². The maximum atomic E-state index is 11.4. The summed E-state index contributed by atoms with van der Waals surface area (Å²) in [5.74, 6) is -1.77. The molecule has 2 aliphatic rings. The van der Waals surface area contributed by atoms with Gasteiger partial charge in [-0.15, -0.1) is 0 Å². The summed E-state index contributed by atoms with van der Waals surface area (Å²) in [6.07, 6.45) is 1.71. The third kappa shape index (κ3) is 2.02. The Labute approximate surface area is 97.8 Å². The Balaban J connectivity index is 2.23. The average molecular weight is 239 g/mol. The number of aliphatic carboxylic acids is 1. The van der Waals surface area contributed by atoms with Crippen LogP contribution in [0.4, 0.5) is 0 Å². The molecule has 1 atom stereocenters. The Morgan fingerprint density at radius 2 is 2.24 bits per heavy atom. The lowest BCUT2D eigenvalue weighted by Crippen LogP contribution is -2.55. The first-order chi connectivity index (χ1) is 8.00. The van der Waals surface area contributed by atoms with E-state index in [1.807, 2.05) is 0 Å². The van der Waals surface area contributed by atoms with E-state index in [-0.39, 0.29) is 24.3 Å². The van der Waals surface area contributed by atoms with E-state index < -0.39 is 11.9 Å². The molecule has 0 aromatic heterocycles. The van der Waals surface area contributed by atoms with Gasteiger partial charge in [-0.2, -0.15) is 0 Å². The third-order valence-corrected chi connectivity index (χ3v) is 3.05. The van der Waals surface area contributed by atoms with Crippen molar-refractivity contribution in [1.82, 2.24) is 4.90 Å². The van der Waals surface area contributed by atoms with E-state index >= 15 is 0 Å². The fourth-order valence-electron chi connectivity index (χ4n) is 2.23. The van der Waals surface area contributed by atoms with Gasteiger partial charge in [0.1, 0.15) is 12.3 Å². The van der Waals surface area contributed by atoms with Crippen molar-refractivity contribution in [3.05, 3.63) is 11.3 Å². The monoisotopic (exact) mass is 239 g/mol. The van der Waals surface area contributed by atoms with E-state index in [0.717, 1.165) is 6.42 Å². The average Bonchev–Trinajstić information content (AvgIpc) is 2.24. The van der Waals surface area contributed by atoms with E-state index in [9.17, 15) is 14.4 Å². The van der Waals surface area contributed by atoms with Gasteiger partial charge in [-0.3, -0.25) is 9.59 Å². The van der Waals surface area contributed by atoms with E-state index in [0.29, 0.717) is 18.4 Å². The summed E-state index contributed by atoms with van der Waals surface area (Å²) >= 11 is 0. The topological polar surface area (TPSA) is 83.9 Å². The lowest BCUT2D eigenvalue weighted by atomic mass is 9.87. The molecule has 0 spiro atoms. The quantitative estimate of drug-likeness (QED) is 0.565. The number of esters is 1. The molecule has 0 aromatic rings. The Morgan fingerprint density at radius 3 is 2.76 bits per heavy atom. The maximum Gasteiger partial charge on any atom is 0.352 e. The molecular formula is C11H13NO5. The van der Waals surface area contributed by atoms with Crippen LogP contribution in [0.1, 0.15) is 26.2 Å². The van der Waals surface area contributed by atoms with Crippen LogP contribution in [-0.4, -0.2) is 40.5 Å². The van der Waals surface area contributed by atoms with E-state index in [1.165, 1.54) is 11.8 Å². The van der Waals surface area contributed by atoms with Crippen molar-refractivity contribution >= 4 is 17.8 Å². The Hall–Kier alpha value is -1.85. The summed E-state index contributed by atoms with van der Waals surface area (Å²) in [6, 6.07) is 0.00896. The van der Waals surface area contributed by atoms with Gasteiger partial charge in [0.2, 0.25) is 5.91 Å². The van der Waals surface area contributed by atoms with Crippen LogP contribution < -0.4 is 0 Å². The fraction of sp³-hybridized carbons (Fsp3) is 0.545. The molecule has 1 N–H and O–H groups in total. The zero-order chi connectivity index (χ0) is 12.6. The number of hydrogen-bond donors (Lipinski definition) is 1. The number of carboxylic acid groups (broad SMARTS) is 1. The van der Waals surface area contributed by atoms with Crippen molar-refractivity contribution in [2.75, 3.05) is 6.61 Å². The van der Waals surface area contributed by atoms with Gasteiger partial charge in [0, 0.05) is 19.4 Å². The van der Waals surface area contributed by atoms with Crippen LogP contribution in [-0.2, 0) is 19.1 Å². The molecule has 0 bridgehead atoms. The summed E-state index contributed by atoms with van der Waals surface area (Å²) in [6.45, 7) is 1.22. The van der Waals surface area contributed by atoms with Gasteiger partial charge in [-0.25, -0.2) is 4.79 Å². The number of amides is 1. The fourth-order valence-corrected chi connectivity index (χ4v) is 2.23. The molecule has 0 aromatic carbocycles. The van der Waals surface area contributed by atoms with Gasteiger partial charge in [0.25, 0.3) is 0 Å². The highest BCUT2D eigenvalue weighted by Crippen LogP contribution is 2.36. The second-order valence-corrected chi connectivity index (χ2v) is 4.20. The first-order valence-electron chi connectivity index (χ1n) is 5.41. The first kappa shape index (κ1) is 11.6. The molecule has 0 unspecified atom stereocenters. The van der Waals surface area contributed by atoms with Gasteiger partial charge in [0.15, 0.2) is 0 Å². The first-order valence-corrected chi connectivity index (χ1v) is 5.41. The lowest BCUT2D eigenvalue weighted by molar-refractivity contribution is -0.150. The van der Waals surface area contributed by atoms with E-state index in [4.69, 9.17) is 9.84 Å². The molecule has 0 saturated carbocycles. The number of β-lactam (4-membered cyclic amide) rings is 1. The Bertz CT molecular complexity index is 426. The molecule has 17 heavy (non-hydrogen) atoms. The maximum absolute atomic E-state index is 11.4. The van der Waals surface area contributed by atoms with Gasteiger partial charge < -0.3 is 14.7 Å². The van der Waals surface area contributed by atoms with Gasteiger partial charge >= 0.3 is 11.9 Å². The van der Waals surface area contributed by atoms with Crippen molar-refractivity contribution in [2.45, 2.75) is 32.2 Å². The van der Waals surface area contributed by atoms with Crippen molar-refractivity contribution in [3.8, 4) is 0 Å². The van der Waals surface area contributed by atoms with Crippen molar-refractivity contribution in [2.24, 2.45) is 0 Å². The number of carbonyl (C=O) groups is 3. The van der Waals surface area contributed by atoms with Crippen LogP contribution in [0.5, 0.6) is 0 Å². The van der Waals surface area contributed by atoms with Gasteiger partial charge in [0.05, 0.1) is 0 Å². The van der Waals surface area contributed by atoms with Crippen LogP contribution in [0, 0.1) is 0 Å². The van der Waals surface area contributed by atoms with Crippen molar-refractivity contribution in [1.29, 1.82) is 0 Å². The molecule has 0 aliphatic carbocycles. The third-order valence-electron chi connectivity index (χ3n) is 3.05. The molecule has 2 heterocycles. The highest BCUT2D eigenvalue weighted by Gasteiger charge is 2.44. The zero-order valence-electron chi connectivity index (χ0n) is 9.43. The minimum Gasteiger partial charge on any atom is -0.477 e. The van der Waals surface area contributed by atoms with Crippen LogP contribution in [0.15, 0.2) is 11.3 Å². The van der Waals surface area contributed by atoms with Crippen LogP contribution in [0.25, 0.3) is 0 Å². The zero-order valence-corrected chi connectivity index (χ0v) is 9.43. The number of hydrogen-bond acceptors (Lipinski definition) is 4. The minimum atomic E-state index is -1.13. The SMILES string of the molecule is CC(=O)OCC1=C(C(=O)O)N2C(=O)C[C@H]2CC1. The molecule has 92 valence electrons. The van der Waals surface area contributed by atoms with E-state index in [2.05, 4.69) is 0 Å². The summed E-state index contributed by atoms with van der Waals surface area (Å²) < 4.78 is 4.81. The number of carbonyl (C=O) groups excluding carboxylic acids is 2.